The summed E-state index contributed by atoms with van der Waals surface area (Å²) in [5.41, 5.74) is 2.33. The van der Waals surface area contributed by atoms with Crippen molar-refractivity contribution in [3.8, 4) is 0 Å². The minimum Gasteiger partial charge on any atom is -0.323 e. The highest BCUT2D eigenvalue weighted by atomic mass is 16.2. The number of pyridine rings is 1. The van der Waals surface area contributed by atoms with Crippen LogP contribution in [0.1, 0.15) is 38.7 Å². The number of carbonyl (C=O) groups is 2. The molecule has 0 bridgehead atoms. The van der Waals surface area contributed by atoms with Crippen LogP contribution in [-0.4, -0.2) is 51.9 Å². The van der Waals surface area contributed by atoms with Gasteiger partial charge in [-0.2, -0.15) is 0 Å². The number of piperidine rings is 1. The van der Waals surface area contributed by atoms with Crippen LogP contribution in [0.4, 0.5) is 4.79 Å². The molecule has 30 heavy (non-hydrogen) atoms. The molecule has 1 N–H and O–H groups in total. The van der Waals surface area contributed by atoms with Crippen LogP contribution >= 0.6 is 0 Å². The van der Waals surface area contributed by atoms with E-state index in [-0.39, 0.29) is 17.9 Å². The number of hydrogen-bond acceptors (Lipinski definition) is 4. The van der Waals surface area contributed by atoms with E-state index >= 15 is 0 Å². The lowest BCUT2D eigenvalue weighted by Gasteiger charge is -2.40. The summed E-state index contributed by atoms with van der Waals surface area (Å²) in [6.45, 7) is 10.7. The molecule has 6 heteroatoms. The molecule has 2 aliphatic heterocycles. The van der Waals surface area contributed by atoms with Crippen LogP contribution in [0.15, 0.2) is 48.7 Å². The van der Waals surface area contributed by atoms with Gasteiger partial charge in [0.2, 0.25) is 0 Å². The highest BCUT2D eigenvalue weighted by Crippen LogP contribution is 2.36. The second-order valence-electron chi connectivity index (χ2n) is 8.68. The maximum Gasteiger partial charge on any atom is 0.325 e. The van der Waals surface area contributed by atoms with Crippen molar-refractivity contribution in [2.45, 2.75) is 45.2 Å². The number of fused-ring (bicyclic) bond motifs is 1. The third kappa shape index (κ3) is 3.72. The predicted molar refractivity (Wildman–Crippen MR) is 118 cm³/mol. The lowest BCUT2D eigenvalue weighted by Crippen LogP contribution is -2.55. The van der Waals surface area contributed by atoms with Gasteiger partial charge < -0.3 is 5.32 Å². The molecule has 158 valence electrons. The molecule has 0 radical (unpaired) electrons. The van der Waals surface area contributed by atoms with E-state index < -0.39 is 5.54 Å². The molecular weight excluding hydrogens is 376 g/mol. The molecule has 0 spiro atoms. The molecular formula is C24H30N4O2. The molecule has 1 atom stereocenters. The molecule has 0 saturated carbocycles. The summed E-state index contributed by atoms with van der Waals surface area (Å²) in [7, 11) is 0. The Labute approximate surface area is 177 Å². The van der Waals surface area contributed by atoms with Gasteiger partial charge in [0.1, 0.15) is 5.54 Å². The number of urea groups is 1. The van der Waals surface area contributed by atoms with E-state index in [4.69, 9.17) is 0 Å². The Bertz CT molecular complexity index is 980. The average molecular weight is 407 g/mol. The quantitative estimate of drug-likeness (QED) is 0.587. The van der Waals surface area contributed by atoms with Crippen LogP contribution in [-0.2, 0) is 11.3 Å². The van der Waals surface area contributed by atoms with E-state index in [9.17, 15) is 9.59 Å². The fraction of sp³-hybridized carbons (Fsp3) is 0.458. The number of likely N-dealkylation sites (tertiary alicyclic amines) is 1. The summed E-state index contributed by atoms with van der Waals surface area (Å²) in [6.07, 6.45) is 4.23. The zero-order chi connectivity index (χ0) is 21.3. The summed E-state index contributed by atoms with van der Waals surface area (Å²) in [6, 6.07) is 10.2. The fourth-order valence-electron chi connectivity index (χ4n) is 4.93. The third-order valence-electron chi connectivity index (χ3n) is 6.55. The van der Waals surface area contributed by atoms with Crippen LogP contribution < -0.4 is 5.32 Å². The zero-order valence-corrected chi connectivity index (χ0v) is 17.9. The minimum atomic E-state index is -0.771. The first-order valence-corrected chi connectivity index (χ1v) is 10.8. The minimum absolute atomic E-state index is 0.0847. The van der Waals surface area contributed by atoms with Gasteiger partial charge in [0.15, 0.2) is 0 Å². The lowest BCUT2D eigenvalue weighted by atomic mass is 9.75. The molecule has 3 amide bonds. The second-order valence-corrected chi connectivity index (χ2v) is 8.68. The number of carbonyl (C=O) groups excluding carboxylic acids is 2. The highest BCUT2D eigenvalue weighted by Gasteiger charge is 2.54. The molecule has 2 fully saturated rings. The van der Waals surface area contributed by atoms with Gasteiger partial charge in [-0.3, -0.25) is 19.6 Å². The predicted octanol–water partition coefficient (Wildman–Crippen LogP) is 3.72. The average Bonchev–Trinajstić information content (AvgIpc) is 2.99. The number of rotatable bonds is 6. The van der Waals surface area contributed by atoms with Crippen molar-refractivity contribution in [1.29, 1.82) is 0 Å². The molecule has 2 aliphatic rings. The number of benzene rings is 1. The second kappa shape index (κ2) is 8.19. The van der Waals surface area contributed by atoms with E-state index in [0.29, 0.717) is 13.0 Å². The molecule has 3 heterocycles. The van der Waals surface area contributed by atoms with Crippen molar-refractivity contribution in [3.05, 3.63) is 54.2 Å². The Kier molecular flexibility index (Phi) is 5.60. The van der Waals surface area contributed by atoms with E-state index in [1.807, 2.05) is 26.1 Å². The van der Waals surface area contributed by atoms with Crippen LogP contribution in [0.5, 0.6) is 0 Å². The number of nitrogens with zero attached hydrogens (tertiary/aromatic N) is 3. The number of nitrogens with one attached hydrogen (secondary N) is 1. The Balaban J connectivity index is 1.42. The third-order valence-corrected chi connectivity index (χ3v) is 6.55. The molecule has 2 aromatic rings. The Hall–Kier alpha value is -2.73. The van der Waals surface area contributed by atoms with Crippen molar-refractivity contribution in [2.75, 3.05) is 19.6 Å². The number of aromatic nitrogens is 1. The van der Waals surface area contributed by atoms with Gasteiger partial charge in [-0.05, 0) is 69.0 Å². The first-order valence-electron chi connectivity index (χ1n) is 10.8. The summed E-state index contributed by atoms with van der Waals surface area (Å²) < 4.78 is 0. The van der Waals surface area contributed by atoms with Crippen molar-refractivity contribution in [2.24, 2.45) is 5.92 Å². The van der Waals surface area contributed by atoms with Gasteiger partial charge in [-0.25, -0.2) is 4.79 Å². The van der Waals surface area contributed by atoms with Gasteiger partial charge in [0.25, 0.3) is 5.91 Å². The van der Waals surface area contributed by atoms with Crippen LogP contribution in [0.25, 0.3) is 10.9 Å². The van der Waals surface area contributed by atoms with Crippen molar-refractivity contribution in [3.63, 3.8) is 0 Å². The number of imide groups is 1. The Morgan fingerprint density at radius 3 is 2.73 bits per heavy atom. The van der Waals surface area contributed by atoms with E-state index in [1.165, 1.54) is 10.5 Å². The Morgan fingerprint density at radius 1 is 1.27 bits per heavy atom. The lowest BCUT2D eigenvalue weighted by molar-refractivity contribution is -0.134. The first-order chi connectivity index (χ1) is 14.4. The van der Waals surface area contributed by atoms with Gasteiger partial charge in [-0.15, -0.1) is 0 Å². The van der Waals surface area contributed by atoms with Gasteiger partial charge >= 0.3 is 6.03 Å². The standard InChI is InChI=1S/C24H30N4O2/c1-4-24(22(29)28(15-17(2)3)23(30)26-24)20-9-12-27(13-10-20)16-18-7-8-21-19(14-18)6-5-11-25-21/h5-8,11,14,20H,2,4,9-10,12-13,15-16H2,1,3H3,(H,26,30). The van der Waals surface area contributed by atoms with E-state index in [2.05, 4.69) is 46.0 Å². The van der Waals surface area contributed by atoms with E-state index in [0.717, 1.165) is 49.0 Å². The van der Waals surface area contributed by atoms with E-state index in [1.54, 1.807) is 0 Å². The summed E-state index contributed by atoms with van der Waals surface area (Å²) in [5.74, 6) is 0.0737. The van der Waals surface area contributed by atoms with Gasteiger partial charge in [0, 0.05) is 18.1 Å². The fourth-order valence-corrected chi connectivity index (χ4v) is 4.93. The normalized spacial score (nSPS) is 23.2. The summed E-state index contributed by atoms with van der Waals surface area (Å²) >= 11 is 0. The molecule has 1 aromatic carbocycles. The first kappa shape index (κ1) is 20.5. The monoisotopic (exact) mass is 406 g/mol. The smallest absolute Gasteiger partial charge is 0.323 e. The molecule has 1 aromatic heterocycles. The molecule has 0 aliphatic carbocycles. The molecule has 4 rings (SSSR count). The van der Waals surface area contributed by atoms with Crippen LogP contribution in [0.2, 0.25) is 0 Å². The van der Waals surface area contributed by atoms with Crippen LogP contribution in [0.3, 0.4) is 0 Å². The highest BCUT2D eigenvalue weighted by molar-refractivity contribution is 6.07. The summed E-state index contributed by atoms with van der Waals surface area (Å²) in [5, 5.41) is 4.21. The Morgan fingerprint density at radius 2 is 2.03 bits per heavy atom. The van der Waals surface area contributed by atoms with Crippen molar-refractivity contribution in [1.82, 2.24) is 20.1 Å². The zero-order valence-electron chi connectivity index (χ0n) is 17.9. The maximum atomic E-state index is 13.2. The number of hydrogen-bond donors (Lipinski definition) is 1. The molecule has 2 saturated heterocycles. The van der Waals surface area contributed by atoms with Gasteiger partial charge in [-0.1, -0.05) is 31.2 Å². The maximum absolute atomic E-state index is 13.2. The van der Waals surface area contributed by atoms with Crippen molar-refractivity contribution >= 4 is 22.8 Å². The van der Waals surface area contributed by atoms with Crippen LogP contribution in [0, 0.1) is 5.92 Å². The SMILES string of the molecule is C=C(C)CN1C(=O)NC(CC)(C2CCN(Cc3ccc4ncccc4c3)CC2)C1=O. The van der Waals surface area contributed by atoms with Gasteiger partial charge in [0.05, 0.1) is 12.1 Å². The van der Waals surface area contributed by atoms with Crippen molar-refractivity contribution < 1.29 is 9.59 Å². The molecule has 1 unspecified atom stereocenters. The molecule has 6 nitrogen and oxygen atoms in total. The largest absolute Gasteiger partial charge is 0.325 e. The summed E-state index contributed by atoms with van der Waals surface area (Å²) in [4.78, 5) is 33.8. The topological polar surface area (TPSA) is 65.5 Å². The number of amides is 3.